The van der Waals surface area contributed by atoms with Crippen LogP contribution in [-0.4, -0.2) is 14.3 Å². The number of benzene rings is 2. The number of nitrogens with one attached hydrogen (secondary N) is 1. The predicted molar refractivity (Wildman–Crippen MR) is 87.4 cm³/mol. The Morgan fingerprint density at radius 1 is 1.23 bits per heavy atom. The molecule has 3 rings (SSSR count). The molecule has 0 bridgehead atoms. The minimum Gasteiger partial charge on any atom is -0.273 e. The average molecular weight is 401 g/mol. The van der Waals surface area contributed by atoms with Gasteiger partial charge in [-0.3, -0.25) is 4.79 Å². The summed E-state index contributed by atoms with van der Waals surface area (Å²) in [7, 11) is -3.94. The van der Waals surface area contributed by atoms with E-state index in [-0.39, 0.29) is 9.92 Å². The summed E-state index contributed by atoms with van der Waals surface area (Å²) in [6, 6.07) is 11.8. The Balaban J connectivity index is 1.82. The van der Waals surface area contributed by atoms with Gasteiger partial charge in [-0.05, 0) is 35.7 Å². The highest BCUT2D eigenvalue weighted by molar-refractivity contribution is 9.10. The van der Waals surface area contributed by atoms with E-state index in [9.17, 15) is 13.2 Å². The molecule has 0 aliphatic heterocycles. The molecule has 1 aliphatic rings. The Morgan fingerprint density at radius 3 is 2.64 bits per heavy atom. The zero-order chi connectivity index (χ0) is 15.9. The van der Waals surface area contributed by atoms with E-state index in [1.54, 1.807) is 6.07 Å². The first-order valence-corrected chi connectivity index (χ1v) is 9.13. The molecule has 0 saturated carbocycles. The Kier molecular flexibility index (Phi) is 4.01. The van der Waals surface area contributed by atoms with Crippen molar-refractivity contribution in [1.29, 1.82) is 0 Å². The number of carbonyl (C=O) groups is 1. The largest absolute Gasteiger partial charge is 0.273 e. The molecule has 0 radical (unpaired) electrons. The van der Waals surface area contributed by atoms with Crippen LogP contribution in [0.15, 0.2) is 51.8 Å². The number of sulfonamides is 1. The summed E-state index contributed by atoms with van der Waals surface area (Å²) in [6.07, 6.45) is 0.552. The van der Waals surface area contributed by atoms with E-state index >= 15 is 0 Å². The molecule has 0 heterocycles. The number of rotatable bonds is 3. The topological polar surface area (TPSA) is 63.2 Å². The molecule has 22 heavy (non-hydrogen) atoms. The lowest BCUT2D eigenvalue weighted by Gasteiger charge is -2.28. The van der Waals surface area contributed by atoms with Gasteiger partial charge in [0, 0.05) is 9.50 Å². The quantitative estimate of drug-likeness (QED) is 0.860. The van der Waals surface area contributed by atoms with E-state index < -0.39 is 21.8 Å². The van der Waals surface area contributed by atoms with E-state index in [4.69, 9.17) is 11.6 Å². The monoisotopic (exact) mass is 399 g/mol. The molecule has 1 aliphatic carbocycles. The summed E-state index contributed by atoms with van der Waals surface area (Å²) in [5.74, 6) is -0.941. The summed E-state index contributed by atoms with van der Waals surface area (Å²) >= 11 is 9.04. The molecule has 0 fully saturated rings. The van der Waals surface area contributed by atoms with E-state index in [0.29, 0.717) is 10.9 Å². The number of fused-ring (bicyclic) bond motifs is 1. The third-order valence-corrected chi connectivity index (χ3v) is 5.55. The molecular formula is C15H11BrClNO3S. The third-order valence-electron chi connectivity index (χ3n) is 3.55. The SMILES string of the molecule is O=C(NS(=O)(=O)c1cc(Cl)cc(Br)c1)C1Cc2ccccc21. The van der Waals surface area contributed by atoms with Crippen LogP contribution in [0, 0.1) is 0 Å². The molecular weight excluding hydrogens is 390 g/mol. The Bertz CT molecular complexity index is 847. The second-order valence-electron chi connectivity index (χ2n) is 5.03. The average Bonchev–Trinajstić information content (AvgIpc) is 2.38. The molecule has 4 nitrogen and oxygen atoms in total. The molecule has 1 atom stereocenters. The third kappa shape index (κ3) is 2.91. The Morgan fingerprint density at radius 2 is 1.95 bits per heavy atom. The molecule has 1 amide bonds. The van der Waals surface area contributed by atoms with E-state index in [1.165, 1.54) is 12.1 Å². The molecule has 114 valence electrons. The van der Waals surface area contributed by atoms with Crippen molar-refractivity contribution >= 4 is 43.5 Å². The zero-order valence-electron chi connectivity index (χ0n) is 11.2. The van der Waals surface area contributed by atoms with Crippen molar-refractivity contribution in [3.05, 3.63) is 63.1 Å². The molecule has 2 aromatic carbocycles. The molecule has 1 unspecified atom stereocenters. The van der Waals surface area contributed by atoms with Crippen molar-refractivity contribution in [2.45, 2.75) is 17.2 Å². The van der Waals surface area contributed by atoms with Crippen molar-refractivity contribution in [2.24, 2.45) is 0 Å². The number of carbonyl (C=O) groups excluding carboxylic acids is 1. The summed E-state index contributed by atoms with van der Waals surface area (Å²) < 4.78 is 27.2. The van der Waals surface area contributed by atoms with Crippen LogP contribution in [0.3, 0.4) is 0 Å². The minimum atomic E-state index is -3.94. The highest BCUT2D eigenvalue weighted by atomic mass is 79.9. The smallest absolute Gasteiger partial charge is 0.264 e. The minimum absolute atomic E-state index is 0.0483. The van der Waals surface area contributed by atoms with Gasteiger partial charge in [0.05, 0.1) is 10.8 Å². The van der Waals surface area contributed by atoms with Crippen LogP contribution in [0.4, 0.5) is 0 Å². The molecule has 0 spiro atoms. The standard InChI is InChI=1S/C15H11BrClNO3S/c16-10-6-11(17)8-12(7-10)22(20,21)18-15(19)14-5-9-3-1-2-4-13(9)14/h1-4,6-8,14H,5H2,(H,18,19). The van der Waals surface area contributed by atoms with Crippen molar-refractivity contribution < 1.29 is 13.2 Å². The molecule has 2 aromatic rings. The van der Waals surface area contributed by atoms with Crippen LogP contribution in [-0.2, 0) is 21.2 Å². The maximum atomic E-state index is 12.3. The van der Waals surface area contributed by atoms with Crippen LogP contribution in [0.1, 0.15) is 17.0 Å². The van der Waals surface area contributed by atoms with Crippen LogP contribution in [0.25, 0.3) is 0 Å². The summed E-state index contributed by atoms with van der Waals surface area (Å²) in [6.45, 7) is 0. The van der Waals surface area contributed by atoms with Gasteiger partial charge in [0.1, 0.15) is 0 Å². The van der Waals surface area contributed by atoms with Gasteiger partial charge in [0.15, 0.2) is 0 Å². The van der Waals surface area contributed by atoms with Crippen molar-refractivity contribution in [3.8, 4) is 0 Å². The van der Waals surface area contributed by atoms with Crippen molar-refractivity contribution in [3.63, 3.8) is 0 Å². The number of hydrogen-bond donors (Lipinski definition) is 1. The fraction of sp³-hybridized carbons (Fsp3) is 0.133. The first kappa shape index (κ1) is 15.5. The molecule has 1 N–H and O–H groups in total. The fourth-order valence-corrected chi connectivity index (χ4v) is 4.60. The van der Waals surface area contributed by atoms with Gasteiger partial charge < -0.3 is 0 Å². The van der Waals surface area contributed by atoms with E-state index in [0.717, 1.165) is 11.1 Å². The summed E-state index contributed by atoms with van der Waals surface area (Å²) in [4.78, 5) is 12.2. The molecule has 7 heteroatoms. The van der Waals surface area contributed by atoms with Gasteiger partial charge in [-0.15, -0.1) is 0 Å². The molecule has 0 aromatic heterocycles. The Labute approximate surface area is 141 Å². The maximum absolute atomic E-state index is 12.3. The van der Waals surface area contributed by atoms with Crippen molar-refractivity contribution in [2.75, 3.05) is 0 Å². The summed E-state index contributed by atoms with van der Waals surface area (Å²) in [5, 5.41) is 0.274. The normalized spacial score (nSPS) is 16.5. The second kappa shape index (κ2) is 5.68. The summed E-state index contributed by atoms with van der Waals surface area (Å²) in [5.41, 5.74) is 1.95. The second-order valence-corrected chi connectivity index (χ2v) is 8.06. The van der Waals surface area contributed by atoms with E-state index in [1.807, 2.05) is 24.3 Å². The maximum Gasteiger partial charge on any atom is 0.264 e. The van der Waals surface area contributed by atoms with Gasteiger partial charge in [0.2, 0.25) is 5.91 Å². The highest BCUT2D eigenvalue weighted by Gasteiger charge is 2.34. The lowest BCUT2D eigenvalue weighted by atomic mass is 9.77. The van der Waals surface area contributed by atoms with Crippen LogP contribution < -0.4 is 4.72 Å². The number of hydrogen-bond acceptors (Lipinski definition) is 3. The van der Waals surface area contributed by atoms with Crippen LogP contribution in [0.5, 0.6) is 0 Å². The fourth-order valence-electron chi connectivity index (χ4n) is 2.44. The predicted octanol–water partition coefficient (Wildman–Crippen LogP) is 3.25. The zero-order valence-corrected chi connectivity index (χ0v) is 14.4. The van der Waals surface area contributed by atoms with Crippen LogP contribution in [0.2, 0.25) is 5.02 Å². The molecule has 0 saturated heterocycles. The van der Waals surface area contributed by atoms with Gasteiger partial charge in [-0.25, -0.2) is 13.1 Å². The lowest BCUT2D eigenvalue weighted by Crippen LogP contribution is -2.38. The van der Waals surface area contributed by atoms with Crippen LogP contribution >= 0.6 is 27.5 Å². The van der Waals surface area contributed by atoms with Gasteiger partial charge in [-0.2, -0.15) is 0 Å². The van der Waals surface area contributed by atoms with E-state index in [2.05, 4.69) is 20.7 Å². The number of halogens is 2. The van der Waals surface area contributed by atoms with Crippen molar-refractivity contribution in [1.82, 2.24) is 4.72 Å². The first-order chi connectivity index (χ1) is 10.4. The van der Waals surface area contributed by atoms with Gasteiger partial charge in [-0.1, -0.05) is 51.8 Å². The first-order valence-electron chi connectivity index (χ1n) is 6.47. The lowest BCUT2D eigenvalue weighted by molar-refractivity contribution is -0.121. The van der Waals surface area contributed by atoms with Gasteiger partial charge >= 0.3 is 0 Å². The van der Waals surface area contributed by atoms with Gasteiger partial charge in [0.25, 0.3) is 10.0 Å². The number of amides is 1. The Hall–Kier alpha value is -1.37. The highest BCUT2D eigenvalue weighted by Crippen LogP contribution is 2.35.